The van der Waals surface area contributed by atoms with E-state index in [2.05, 4.69) is 5.32 Å². The molecule has 0 aromatic heterocycles. The lowest BCUT2D eigenvalue weighted by Gasteiger charge is -2.20. The number of anilines is 1. The number of nitrogens with zero attached hydrogens (tertiary/aromatic N) is 1. The summed E-state index contributed by atoms with van der Waals surface area (Å²) in [6, 6.07) is 6.64. The highest BCUT2D eigenvalue weighted by molar-refractivity contribution is 5.90. The molecule has 1 amide bonds. The van der Waals surface area contributed by atoms with Gasteiger partial charge in [-0.2, -0.15) is 0 Å². The van der Waals surface area contributed by atoms with Crippen molar-refractivity contribution in [2.45, 2.75) is 25.3 Å². The van der Waals surface area contributed by atoms with Gasteiger partial charge < -0.3 is 15.2 Å². The molecule has 7 heteroatoms. The highest BCUT2D eigenvalue weighted by atomic mass is 35.5. The van der Waals surface area contributed by atoms with Gasteiger partial charge in [-0.05, 0) is 43.7 Å². The van der Waals surface area contributed by atoms with E-state index in [-0.39, 0.29) is 24.7 Å². The van der Waals surface area contributed by atoms with Gasteiger partial charge in [-0.3, -0.25) is 14.5 Å². The van der Waals surface area contributed by atoms with Gasteiger partial charge in [0.15, 0.2) is 0 Å². The number of nitrogens with one attached hydrogen (secondary N) is 1. The second-order valence-electron chi connectivity index (χ2n) is 5.06. The number of aliphatic carboxylic acids is 1. The fourth-order valence-corrected chi connectivity index (χ4v) is 2.52. The van der Waals surface area contributed by atoms with E-state index in [1.807, 2.05) is 4.90 Å². The van der Waals surface area contributed by atoms with Crippen LogP contribution in [0, 0.1) is 0 Å². The summed E-state index contributed by atoms with van der Waals surface area (Å²) >= 11 is 0. The average Bonchev–Trinajstić information content (AvgIpc) is 2.94. The third-order valence-electron chi connectivity index (χ3n) is 3.65. The first kappa shape index (κ1) is 18.3. The van der Waals surface area contributed by atoms with Crippen LogP contribution in [0.15, 0.2) is 24.3 Å². The number of ether oxygens (including phenoxy) is 1. The van der Waals surface area contributed by atoms with E-state index in [9.17, 15) is 9.59 Å². The molecule has 0 bridgehead atoms. The molecule has 1 aliphatic heterocycles. The first-order valence-electron chi connectivity index (χ1n) is 7.01. The number of carboxylic acid groups (broad SMARTS) is 1. The van der Waals surface area contributed by atoms with Crippen LogP contribution in [0.25, 0.3) is 0 Å². The Morgan fingerprint density at radius 2 is 2.05 bits per heavy atom. The van der Waals surface area contributed by atoms with Crippen LogP contribution in [0.3, 0.4) is 0 Å². The highest BCUT2D eigenvalue weighted by Crippen LogP contribution is 2.18. The molecule has 1 aromatic carbocycles. The number of benzene rings is 1. The van der Waals surface area contributed by atoms with E-state index >= 15 is 0 Å². The van der Waals surface area contributed by atoms with E-state index in [0.29, 0.717) is 18.7 Å². The predicted molar refractivity (Wildman–Crippen MR) is 85.7 cm³/mol. The van der Waals surface area contributed by atoms with Gasteiger partial charge in [-0.25, -0.2) is 0 Å². The highest BCUT2D eigenvalue weighted by Gasteiger charge is 2.30. The molecule has 1 aromatic rings. The number of carbonyl (C=O) groups excluding carboxylic acids is 1. The maximum absolute atomic E-state index is 11.9. The molecular weight excluding hydrogens is 308 g/mol. The number of halogens is 1. The first-order chi connectivity index (χ1) is 10.1. The summed E-state index contributed by atoms with van der Waals surface area (Å²) in [4.78, 5) is 24.8. The molecule has 2 N–H and O–H groups in total. The Morgan fingerprint density at radius 3 is 2.64 bits per heavy atom. The Balaban J connectivity index is 0.00000242. The quantitative estimate of drug-likeness (QED) is 0.835. The molecule has 0 saturated carbocycles. The van der Waals surface area contributed by atoms with Gasteiger partial charge in [-0.15, -0.1) is 12.4 Å². The van der Waals surface area contributed by atoms with Crippen LogP contribution in [0.1, 0.15) is 19.3 Å². The summed E-state index contributed by atoms with van der Waals surface area (Å²) in [5.41, 5.74) is 0.706. The summed E-state index contributed by atoms with van der Waals surface area (Å²) < 4.78 is 5.05. The lowest BCUT2D eigenvalue weighted by Crippen LogP contribution is -2.37. The Labute approximate surface area is 135 Å². The smallest absolute Gasteiger partial charge is 0.320 e. The number of rotatable bonds is 6. The largest absolute Gasteiger partial charge is 0.497 e. The fourth-order valence-electron chi connectivity index (χ4n) is 2.52. The van der Waals surface area contributed by atoms with Gasteiger partial charge in [0.1, 0.15) is 11.8 Å². The second-order valence-corrected chi connectivity index (χ2v) is 5.06. The minimum Gasteiger partial charge on any atom is -0.497 e. The summed E-state index contributed by atoms with van der Waals surface area (Å²) in [5, 5.41) is 11.9. The van der Waals surface area contributed by atoms with Crippen molar-refractivity contribution in [3.8, 4) is 5.75 Å². The number of methoxy groups -OCH3 is 1. The summed E-state index contributed by atoms with van der Waals surface area (Å²) in [7, 11) is 1.59. The molecule has 22 heavy (non-hydrogen) atoms. The first-order valence-corrected chi connectivity index (χ1v) is 7.01. The van der Waals surface area contributed by atoms with E-state index in [1.54, 1.807) is 31.4 Å². The Bertz CT molecular complexity index is 507. The van der Waals surface area contributed by atoms with Gasteiger partial charge in [0.25, 0.3) is 0 Å². The lowest BCUT2D eigenvalue weighted by atomic mass is 10.2. The van der Waals surface area contributed by atoms with Crippen molar-refractivity contribution in [2.24, 2.45) is 0 Å². The van der Waals surface area contributed by atoms with Gasteiger partial charge in [-0.1, -0.05) is 0 Å². The van der Waals surface area contributed by atoms with E-state index in [1.165, 1.54) is 0 Å². The lowest BCUT2D eigenvalue weighted by molar-refractivity contribution is -0.142. The molecule has 1 fully saturated rings. The molecule has 1 heterocycles. The number of carboxylic acids is 1. The molecule has 122 valence electrons. The van der Waals surface area contributed by atoms with Crippen molar-refractivity contribution in [3.63, 3.8) is 0 Å². The molecule has 1 unspecified atom stereocenters. The number of amides is 1. The fraction of sp³-hybridized carbons (Fsp3) is 0.467. The predicted octanol–water partition coefficient (Wildman–Crippen LogP) is 1.99. The van der Waals surface area contributed by atoms with Crippen molar-refractivity contribution in [3.05, 3.63) is 24.3 Å². The van der Waals surface area contributed by atoms with Crippen LogP contribution in [-0.4, -0.2) is 48.1 Å². The topological polar surface area (TPSA) is 78.9 Å². The van der Waals surface area contributed by atoms with Crippen LogP contribution in [0.2, 0.25) is 0 Å². The second kappa shape index (κ2) is 8.60. The number of hydrogen-bond donors (Lipinski definition) is 2. The Hall–Kier alpha value is -1.79. The molecule has 1 saturated heterocycles. The van der Waals surface area contributed by atoms with Gasteiger partial charge in [0.05, 0.1) is 7.11 Å². The normalized spacial score (nSPS) is 17.6. The Kier molecular flexibility index (Phi) is 7.14. The number of likely N-dealkylation sites (tertiary alicyclic amines) is 1. The van der Waals surface area contributed by atoms with Crippen molar-refractivity contribution in [1.29, 1.82) is 0 Å². The molecule has 1 atom stereocenters. The molecule has 0 aliphatic carbocycles. The minimum atomic E-state index is -0.803. The molecule has 6 nitrogen and oxygen atoms in total. The monoisotopic (exact) mass is 328 g/mol. The third-order valence-corrected chi connectivity index (χ3v) is 3.65. The van der Waals surface area contributed by atoms with Crippen LogP contribution in [0.5, 0.6) is 5.75 Å². The summed E-state index contributed by atoms with van der Waals surface area (Å²) in [6.07, 6.45) is 1.82. The molecule has 1 aliphatic rings. The standard InChI is InChI=1S/C15H20N2O4.ClH/c1-21-12-6-4-11(5-7-12)16-14(18)8-10-17-9-2-3-13(17)15(19)20;/h4-7,13H,2-3,8-10H2,1H3,(H,16,18)(H,19,20);1H. The SMILES string of the molecule is COc1ccc(NC(=O)CCN2CCCC2C(=O)O)cc1.Cl. The van der Waals surface area contributed by atoms with Gasteiger partial charge >= 0.3 is 5.97 Å². The van der Waals surface area contributed by atoms with Crippen LogP contribution < -0.4 is 10.1 Å². The van der Waals surface area contributed by atoms with Crippen LogP contribution in [0.4, 0.5) is 5.69 Å². The number of hydrogen-bond acceptors (Lipinski definition) is 4. The maximum Gasteiger partial charge on any atom is 0.320 e. The molecule has 2 rings (SSSR count). The van der Waals surface area contributed by atoms with E-state index in [4.69, 9.17) is 9.84 Å². The van der Waals surface area contributed by atoms with Crippen LogP contribution >= 0.6 is 12.4 Å². The van der Waals surface area contributed by atoms with E-state index in [0.717, 1.165) is 18.7 Å². The van der Waals surface area contributed by atoms with E-state index < -0.39 is 12.0 Å². The van der Waals surface area contributed by atoms with Crippen LogP contribution in [-0.2, 0) is 9.59 Å². The minimum absolute atomic E-state index is 0. The zero-order valence-electron chi connectivity index (χ0n) is 12.4. The molecular formula is C15H21ClN2O4. The van der Waals surface area contributed by atoms with Gasteiger partial charge in [0.2, 0.25) is 5.91 Å². The third kappa shape index (κ3) is 4.89. The maximum atomic E-state index is 11.9. The Morgan fingerprint density at radius 1 is 1.36 bits per heavy atom. The van der Waals surface area contributed by atoms with Crippen molar-refractivity contribution in [2.75, 3.05) is 25.5 Å². The average molecular weight is 329 g/mol. The van der Waals surface area contributed by atoms with Crippen molar-refractivity contribution >= 4 is 30.0 Å². The molecule has 0 spiro atoms. The van der Waals surface area contributed by atoms with Crippen molar-refractivity contribution < 1.29 is 19.4 Å². The summed E-state index contributed by atoms with van der Waals surface area (Å²) in [6.45, 7) is 1.21. The molecule has 0 radical (unpaired) electrons. The zero-order valence-corrected chi connectivity index (χ0v) is 13.3. The van der Waals surface area contributed by atoms with Crippen molar-refractivity contribution in [1.82, 2.24) is 4.90 Å². The summed E-state index contributed by atoms with van der Waals surface area (Å²) in [5.74, 6) is -0.186. The zero-order chi connectivity index (χ0) is 15.2. The van der Waals surface area contributed by atoms with Gasteiger partial charge in [0, 0.05) is 18.7 Å². The number of carbonyl (C=O) groups is 2.